The molecule has 0 aliphatic carbocycles. The number of hydrogen-bond donors (Lipinski definition) is 0. The van der Waals surface area contributed by atoms with Crippen molar-refractivity contribution in [1.82, 2.24) is 14.8 Å². The van der Waals surface area contributed by atoms with Crippen molar-refractivity contribution in [2.75, 3.05) is 0 Å². The van der Waals surface area contributed by atoms with Gasteiger partial charge < -0.3 is 0 Å². The van der Waals surface area contributed by atoms with E-state index in [4.69, 9.17) is 0 Å². The summed E-state index contributed by atoms with van der Waals surface area (Å²) in [6.45, 7) is 8.18. The van der Waals surface area contributed by atoms with Crippen molar-refractivity contribution in [3.63, 3.8) is 0 Å². The fourth-order valence-electron chi connectivity index (χ4n) is 1.32. The molecule has 0 saturated heterocycles. The summed E-state index contributed by atoms with van der Waals surface area (Å²) in [5, 5.41) is 4.09. The maximum absolute atomic E-state index is 4.09. The van der Waals surface area contributed by atoms with E-state index in [9.17, 15) is 0 Å². The Hall–Kier alpha value is -1.64. The van der Waals surface area contributed by atoms with Gasteiger partial charge in [0, 0.05) is 0 Å². The van der Waals surface area contributed by atoms with Crippen molar-refractivity contribution >= 4 is 0 Å². The highest BCUT2D eigenvalue weighted by molar-refractivity contribution is 5.43. The van der Waals surface area contributed by atoms with Crippen LogP contribution in [0.4, 0.5) is 0 Å². The summed E-state index contributed by atoms with van der Waals surface area (Å²) in [4.78, 5) is 3.92. The summed E-state index contributed by atoms with van der Waals surface area (Å²) in [5.74, 6) is 0. The van der Waals surface area contributed by atoms with Crippen LogP contribution in [0.25, 0.3) is 5.69 Å². The molecule has 1 heterocycles. The number of nitrogens with zero attached hydrogens (tertiary/aromatic N) is 3. The summed E-state index contributed by atoms with van der Waals surface area (Å²) < 4.78 is 1.78. The van der Waals surface area contributed by atoms with E-state index < -0.39 is 0 Å². The lowest BCUT2D eigenvalue weighted by molar-refractivity contribution is 0.869. The van der Waals surface area contributed by atoms with Crippen molar-refractivity contribution in [3.05, 3.63) is 42.0 Å². The molecule has 1 aromatic heterocycles. The fraction of sp³-hybridized carbons (Fsp3) is 0.333. The summed E-state index contributed by atoms with van der Waals surface area (Å²) in [6.07, 6.45) is 3.25. The molecule has 0 N–H and O–H groups in total. The zero-order valence-corrected chi connectivity index (χ0v) is 9.73. The highest BCUT2D eigenvalue weighted by Crippen LogP contribution is 2.15. The maximum Gasteiger partial charge on any atom is 0.138 e. The van der Waals surface area contributed by atoms with E-state index in [1.54, 1.807) is 17.3 Å². The van der Waals surface area contributed by atoms with E-state index in [-0.39, 0.29) is 0 Å². The van der Waals surface area contributed by atoms with E-state index in [1.165, 1.54) is 11.1 Å². The van der Waals surface area contributed by atoms with Gasteiger partial charge in [-0.05, 0) is 31.0 Å². The van der Waals surface area contributed by atoms with Gasteiger partial charge in [0.05, 0.1) is 5.69 Å². The van der Waals surface area contributed by atoms with Gasteiger partial charge in [-0.3, -0.25) is 0 Å². The minimum Gasteiger partial charge on any atom is -0.223 e. The quantitative estimate of drug-likeness (QED) is 0.713. The smallest absolute Gasteiger partial charge is 0.138 e. The molecule has 3 heteroatoms. The Morgan fingerprint density at radius 2 is 1.87 bits per heavy atom. The molecule has 0 spiro atoms. The van der Waals surface area contributed by atoms with Crippen molar-refractivity contribution in [2.45, 2.75) is 27.7 Å². The topological polar surface area (TPSA) is 30.7 Å². The van der Waals surface area contributed by atoms with Gasteiger partial charge in [-0.2, -0.15) is 5.10 Å². The third-order valence-corrected chi connectivity index (χ3v) is 2.24. The van der Waals surface area contributed by atoms with Gasteiger partial charge >= 0.3 is 0 Å². The molecule has 3 nitrogen and oxygen atoms in total. The lowest BCUT2D eigenvalue weighted by Gasteiger charge is -2.06. The SMILES string of the molecule is CC.Cc1cccc(-n2cncn2)c1C. The lowest BCUT2D eigenvalue weighted by atomic mass is 10.1. The Morgan fingerprint density at radius 1 is 1.13 bits per heavy atom. The molecule has 0 fully saturated rings. The second-order valence-electron chi connectivity index (χ2n) is 3.06. The Balaban J connectivity index is 0.000000531. The van der Waals surface area contributed by atoms with Crippen LogP contribution in [-0.4, -0.2) is 14.8 Å². The maximum atomic E-state index is 4.09. The van der Waals surface area contributed by atoms with Crippen LogP contribution in [0.2, 0.25) is 0 Å². The normalized spacial score (nSPS) is 9.33. The lowest BCUT2D eigenvalue weighted by Crippen LogP contribution is -1.98. The van der Waals surface area contributed by atoms with Crippen molar-refractivity contribution < 1.29 is 0 Å². The van der Waals surface area contributed by atoms with Crippen LogP contribution < -0.4 is 0 Å². The number of aromatic nitrogens is 3. The molecule has 2 aromatic rings. The van der Waals surface area contributed by atoms with Crippen LogP contribution in [0.5, 0.6) is 0 Å². The molecule has 0 saturated carbocycles. The Morgan fingerprint density at radius 3 is 2.47 bits per heavy atom. The van der Waals surface area contributed by atoms with E-state index in [0.29, 0.717) is 0 Å². The fourth-order valence-corrected chi connectivity index (χ4v) is 1.32. The number of aryl methyl sites for hydroxylation is 1. The standard InChI is InChI=1S/C10H11N3.C2H6/c1-8-4-3-5-10(9(8)2)13-7-11-6-12-13;1-2/h3-7H,1-2H3;1-2H3. The van der Waals surface area contributed by atoms with Crippen molar-refractivity contribution in [1.29, 1.82) is 0 Å². The van der Waals surface area contributed by atoms with Crippen LogP contribution in [-0.2, 0) is 0 Å². The summed E-state index contributed by atoms with van der Waals surface area (Å²) in [5.41, 5.74) is 3.61. The molecule has 0 aliphatic heterocycles. The zero-order valence-electron chi connectivity index (χ0n) is 9.73. The third kappa shape index (κ3) is 2.43. The molecule has 0 aliphatic rings. The Labute approximate surface area is 90.8 Å². The first-order valence-electron chi connectivity index (χ1n) is 5.20. The van der Waals surface area contributed by atoms with Crippen molar-refractivity contribution in [2.24, 2.45) is 0 Å². The summed E-state index contributed by atoms with van der Waals surface area (Å²) in [6, 6.07) is 6.16. The molecule has 0 radical (unpaired) electrons. The predicted octanol–water partition coefficient (Wildman–Crippen LogP) is 2.91. The van der Waals surface area contributed by atoms with Crippen LogP contribution in [0.1, 0.15) is 25.0 Å². The second kappa shape index (κ2) is 5.29. The van der Waals surface area contributed by atoms with Gasteiger partial charge in [-0.1, -0.05) is 26.0 Å². The van der Waals surface area contributed by atoms with Gasteiger partial charge in [-0.25, -0.2) is 9.67 Å². The van der Waals surface area contributed by atoms with Gasteiger partial charge in [0.25, 0.3) is 0 Å². The summed E-state index contributed by atoms with van der Waals surface area (Å²) in [7, 11) is 0. The van der Waals surface area contributed by atoms with E-state index in [2.05, 4.69) is 30.0 Å². The molecule has 2 rings (SSSR count). The Kier molecular flexibility index (Phi) is 4.03. The van der Waals surface area contributed by atoms with Gasteiger partial charge in [0.1, 0.15) is 12.7 Å². The first kappa shape index (κ1) is 11.4. The Bertz CT molecular complexity index is 405. The van der Waals surface area contributed by atoms with Crippen LogP contribution in [0.15, 0.2) is 30.9 Å². The molecule has 1 aromatic carbocycles. The number of hydrogen-bond acceptors (Lipinski definition) is 2. The molecular formula is C12H17N3. The predicted molar refractivity (Wildman–Crippen MR) is 62.2 cm³/mol. The minimum atomic E-state index is 1.09. The summed E-state index contributed by atoms with van der Waals surface area (Å²) >= 11 is 0. The molecule has 0 atom stereocenters. The largest absolute Gasteiger partial charge is 0.223 e. The van der Waals surface area contributed by atoms with Crippen LogP contribution in [0.3, 0.4) is 0 Å². The molecule has 0 bridgehead atoms. The highest BCUT2D eigenvalue weighted by atomic mass is 15.3. The van der Waals surface area contributed by atoms with E-state index >= 15 is 0 Å². The van der Waals surface area contributed by atoms with Crippen LogP contribution >= 0.6 is 0 Å². The second-order valence-corrected chi connectivity index (χ2v) is 3.06. The first-order valence-corrected chi connectivity index (χ1v) is 5.20. The molecule has 0 unspecified atom stereocenters. The molecular weight excluding hydrogens is 186 g/mol. The number of rotatable bonds is 1. The van der Waals surface area contributed by atoms with Crippen LogP contribution in [0, 0.1) is 13.8 Å². The molecule has 0 amide bonds. The molecule has 80 valence electrons. The third-order valence-electron chi connectivity index (χ3n) is 2.24. The minimum absolute atomic E-state index is 1.09. The highest BCUT2D eigenvalue weighted by Gasteiger charge is 2.02. The monoisotopic (exact) mass is 203 g/mol. The average Bonchev–Trinajstić information content (AvgIpc) is 2.78. The number of benzene rings is 1. The van der Waals surface area contributed by atoms with Crippen molar-refractivity contribution in [3.8, 4) is 5.69 Å². The van der Waals surface area contributed by atoms with Gasteiger partial charge in [0.15, 0.2) is 0 Å². The van der Waals surface area contributed by atoms with Gasteiger partial charge in [-0.15, -0.1) is 0 Å². The van der Waals surface area contributed by atoms with Gasteiger partial charge in [0.2, 0.25) is 0 Å². The average molecular weight is 203 g/mol. The zero-order chi connectivity index (χ0) is 11.3. The van der Waals surface area contributed by atoms with E-state index in [1.807, 2.05) is 26.0 Å². The van der Waals surface area contributed by atoms with E-state index in [0.717, 1.165) is 5.69 Å². The first-order chi connectivity index (χ1) is 7.29. The molecule has 15 heavy (non-hydrogen) atoms.